The lowest BCUT2D eigenvalue weighted by Crippen LogP contribution is -2.51. The monoisotopic (exact) mass is 615 g/mol. The highest BCUT2D eigenvalue weighted by atomic mass is 19.1. The molecule has 1 unspecified atom stereocenters. The van der Waals surface area contributed by atoms with E-state index in [1.54, 1.807) is 22.9 Å². The fourth-order valence-corrected chi connectivity index (χ4v) is 7.07. The molecule has 236 valence electrons. The maximum absolute atomic E-state index is 16.6. The first-order chi connectivity index (χ1) is 21.8. The Kier molecular flexibility index (Phi) is 8.60. The summed E-state index contributed by atoms with van der Waals surface area (Å²) in [5, 5.41) is 3.78. The number of likely N-dealkylation sites (N-methyl/N-ethyl adjacent to an activating group) is 2. The number of likely N-dealkylation sites (tertiary alicyclic amines) is 1. The van der Waals surface area contributed by atoms with Gasteiger partial charge in [-0.2, -0.15) is 9.97 Å². The van der Waals surface area contributed by atoms with Crippen LogP contribution in [-0.2, 0) is 11.2 Å². The van der Waals surface area contributed by atoms with Gasteiger partial charge >= 0.3 is 6.01 Å². The number of terminal acetylenes is 1. The van der Waals surface area contributed by atoms with Crippen molar-refractivity contribution in [3.8, 4) is 18.4 Å². The number of ether oxygens (including phenoxy) is 1. The van der Waals surface area contributed by atoms with Gasteiger partial charge in [-0.1, -0.05) is 31.4 Å². The van der Waals surface area contributed by atoms with E-state index >= 15 is 4.39 Å². The number of amides is 1. The van der Waals surface area contributed by atoms with Gasteiger partial charge in [0.2, 0.25) is 5.91 Å². The molecule has 0 bridgehead atoms. The molecule has 1 saturated heterocycles. The van der Waals surface area contributed by atoms with Gasteiger partial charge in [-0.15, -0.1) is 6.42 Å². The average molecular weight is 616 g/mol. The molecule has 1 aromatic carbocycles. The quantitative estimate of drug-likeness (QED) is 0.260. The second-order valence-corrected chi connectivity index (χ2v) is 12.3. The summed E-state index contributed by atoms with van der Waals surface area (Å²) in [5.74, 6) is 1.47. The zero-order valence-electron chi connectivity index (χ0n) is 25.9. The molecule has 1 saturated carbocycles. The normalized spacial score (nSPS) is 19.3. The molecule has 2 aliphatic heterocycles. The third-order valence-electron chi connectivity index (χ3n) is 9.77. The van der Waals surface area contributed by atoms with Crippen LogP contribution in [0.5, 0.6) is 6.01 Å². The summed E-state index contributed by atoms with van der Waals surface area (Å²) in [7, 11) is 3.84. The van der Waals surface area contributed by atoms with Gasteiger partial charge in [0.05, 0.1) is 22.2 Å². The van der Waals surface area contributed by atoms with Gasteiger partial charge in [0.15, 0.2) is 11.6 Å². The van der Waals surface area contributed by atoms with E-state index in [-0.39, 0.29) is 34.9 Å². The van der Waals surface area contributed by atoms with Crippen molar-refractivity contribution in [3.63, 3.8) is 0 Å². The van der Waals surface area contributed by atoms with Gasteiger partial charge < -0.3 is 24.8 Å². The van der Waals surface area contributed by atoms with Crippen LogP contribution in [0.1, 0.15) is 56.1 Å². The summed E-state index contributed by atoms with van der Waals surface area (Å²) in [6, 6.07) is 3.31. The smallest absolute Gasteiger partial charge is 0.319 e. The largest absolute Gasteiger partial charge is 0.462 e. The maximum Gasteiger partial charge on any atom is 0.319 e. The third kappa shape index (κ3) is 5.68. The lowest BCUT2D eigenvalue weighted by atomic mass is 9.95. The van der Waals surface area contributed by atoms with E-state index in [0.717, 1.165) is 57.1 Å². The van der Waals surface area contributed by atoms with E-state index in [2.05, 4.69) is 44.7 Å². The van der Waals surface area contributed by atoms with Crippen molar-refractivity contribution in [2.75, 3.05) is 50.6 Å². The first kappa shape index (κ1) is 30.7. The number of hydrogen-bond donors (Lipinski definition) is 1. The molecule has 45 heavy (non-hydrogen) atoms. The molecule has 1 N–H and O–H groups in total. The standard InChI is InChI=1S/C34H39F2N7O2/c1-5-24-26(35)14-13-22-11-9-18-43(30(22)24)32-28(36)29-25(19-37-32)31(40-33(39-29)45-20-23-12-10-17-41(23)3)38-21-34(15-7-8-16-34)42(4)27(44)6-2/h1,6,13-14,19,23H,2,7-12,15-18,20-21H2,3-4H3,(H,38,39,40). The first-order valence-corrected chi connectivity index (χ1v) is 15.6. The van der Waals surface area contributed by atoms with Crippen molar-refractivity contribution >= 4 is 34.1 Å². The lowest BCUT2D eigenvalue weighted by molar-refractivity contribution is -0.129. The Morgan fingerprint density at radius 3 is 2.76 bits per heavy atom. The van der Waals surface area contributed by atoms with Gasteiger partial charge in [-0.3, -0.25) is 4.79 Å². The highest BCUT2D eigenvalue weighted by Gasteiger charge is 2.40. The number of aromatic nitrogens is 3. The van der Waals surface area contributed by atoms with Crippen molar-refractivity contribution < 1.29 is 18.3 Å². The average Bonchev–Trinajstić information content (AvgIpc) is 3.71. The lowest BCUT2D eigenvalue weighted by Gasteiger charge is -2.38. The molecule has 2 fully saturated rings. The Morgan fingerprint density at radius 2 is 2.04 bits per heavy atom. The van der Waals surface area contributed by atoms with Crippen LogP contribution in [0, 0.1) is 24.0 Å². The number of halogens is 2. The second kappa shape index (κ2) is 12.6. The number of nitrogens with zero attached hydrogens (tertiary/aromatic N) is 6. The van der Waals surface area contributed by atoms with Crippen LogP contribution in [-0.4, -0.2) is 82.6 Å². The predicted octanol–water partition coefficient (Wildman–Crippen LogP) is 5.21. The molecule has 1 amide bonds. The number of carbonyl (C=O) groups excluding carboxylic acids is 1. The topological polar surface area (TPSA) is 86.7 Å². The van der Waals surface area contributed by atoms with Gasteiger partial charge in [-0.05, 0) is 69.8 Å². The molecule has 1 atom stereocenters. The molecule has 3 aliphatic rings. The molecule has 0 radical (unpaired) electrons. The predicted molar refractivity (Wildman–Crippen MR) is 171 cm³/mol. The van der Waals surface area contributed by atoms with E-state index in [1.807, 2.05) is 0 Å². The third-order valence-corrected chi connectivity index (χ3v) is 9.77. The van der Waals surface area contributed by atoms with Gasteiger partial charge in [-0.25, -0.2) is 13.8 Å². The molecule has 4 heterocycles. The van der Waals surface area contributed by atoms with Crippen LogP contribution in [0.3, 0.4) is 0 Å². The van der Waals surface area contributed by atoms with E-state index in [9.17, 15) is 9.18 Å². The molecule has 2 aromatic heterocycles. The number of pyridine rings is 1. The van der Waals surface area contributed by atoms with Crippen LogP contribution in [0.2, 0.25) is 0 Å². The van der Waals surface area contributed by atoms with Crippen LogP contribution < -0.4 is 15.0 Å². The molecule has 0 spiro atoms. The van der Waals surface area contributed by atoms with Crippen molar-refractivity contribution in [1.82, 2.24) is 24.8 Å². The summed E-state index contributed by atoms with van der Waals surface area (Å²) in [6.45, 7) is 5.83. The Balaban J connectivity index is 1.41. The SMILES string of the molecule is C#Cc1c(F)ccc2c1N(c1ncc3c(NCC4(N(C)C(=O)C=C)CCCC4)nc(OCC4CCCN4C)nc3c1F)CCC2. The van der Waals surface area contributed by atoms with Crippen molar-refractivity contribution in [2.24, 2.45) is 0 Å². The summed E-state index contributed by atoms with van der Waals surface area (Å²) >= 11 is 0. The van der Waals surface area contributed by atoms with Gasteiger partial charge in [0.1, 0.15) is 23.8 Å². The van der Waals surface area contributed by atoms with E-state index < -0.39 is 17.2 Å². The van der Waals surface area contributed by atoms with Crippen LogP contribution in [0.15, 0.2) is 31.0 Å². The number of benzene rings is 1. The Bertz CT molecular complexity index is 1670. The molecular formula is C34H39F2N7O2. The number of nitrogens with one attached hydrogen (secondary N) is 1. The molecular weight excluding hydrogens is 576 g/mol. The maximum atomic E-state index is 16.6. The zero-order valence-corrected chi connectivity index (χ0v) is 25.9. The molecule has 6 rings (SSSR count). The van der Waals surface area contributed by atoms with Gasteiger partial charge in [0.25, 0.3) is 0 Å². The van der Waals surface area contributed by atoms with E-state index in [0.29, 0.717) is 43.0 Å². The fraction of sp³-hybridized carbons (Fsp3) is 0.471. The summed E-state index contributed by atoms with van der Waals surface area (Å²) in [4.78, 5) is 32.0. The second-order valence-electron chi connectivity index (χ2n) is 12.3. The van der Waals surface area contributed by atoms with Crippen LogP contribution in [0.4, 0.5) is 26.1 Å². The van der Waals surface area contributed by atoms with Crippen molar-refractivity contribution in [1.29, 1.82) is 0 Å². The Hall–Kier alpha value is -4.30. The number of carbonyl (C=O) groups is 1. The first-order valence-electron chi connectivity index (χ1n) is 15.6. The summed E-state index contributed by atoms with van der Waals surface area (Å²) < 4.78 is 37.5. The van der Waals surface area contributed by atoms with Crippen LogP contribution >= 0.6 is 0 Å². The van der Waals surface area contributed by atoms with Crippen LogP contribution in [0.25, 0.3) is 10.9 Å². The number of aryl methyl sites for hydroxylation is 1. The number of anilines is 3. The fourth-order valence-electron chi connectivity index (χ4n) is 7.07. The van der Waals surface area contributed by atoms with Crippen molar-refractivity contribution in [3.05, 3.63) is 53.7 Å². The van der Waals surface area contributed by atoms with Crippen molar-refractivity contribution in [2.45, 2.75) is 62.9 Å². The zero-order chi connectivity index (χ0) is 31.7. The minimum atomic E-state index is -0.671. The number of hydrogen-bond acceptors (Lipinski definition) is 8. The van der Waals surface area contributed by atoms with E-state index in [1.165, 1.54) is 18.3 Å². The Morgan fingerprint density at radius 1 is 1.24 bits per heavy atom. The van der Waals surface area contributed by atoms with E-state index in [4.69, 9.17) is 11.2 Å². The molecule has 3 aromatic rings. The number of rotatable bonds is 9. The minimum Gasteiger partial charge on any atom is -0.462 e. The molecule has 1 aliphatic carbocycles. The Labute approximate surface area is 262 Å². The van der Waals surface area contributed by atoms with Gasteiger partial charge in [0, 0.05) is 32.4 Å². The molecule has 9 nitrogen and oxygen atoms in total. The number of fused-ring (bicyclic) bond motifs is 2. The highest BCUT2D eigenvalue weighted by Crippen LogP contribution is 2.40. The highest BCUT2D eigenvalue weighted by molar-refractivity contribution is 5.92. The summed E-state index contributed by atoms with van der Waals surface area (Å²) in [6.07, 6.45) is 15.7. The molecule has 11 heteroatoms. The summed E-state index contributed by atoms with van der Waals surface area (Å²) in [5.41, 5.74) is 0.972. The minimum absolute atomic E-state index is 0.0141.